The summed E-state index contributed by atoms with van der Waals surface area (Å²) < 4.78 is 5.93. The van der Waals surface area contributed by atoms with E-state index in [4.69, 9.17) is 4.74 Å². The molecule has 0 spiro atoms. The third-order valence-corrected chi connectivity index (χ3v) is 6.42. The van der Waals surface area contributed by atoms with Crippen molar-refractivity contribution in [3.8, 4) is 0 Å². The number of piperidine rings is 1. The zero-order valence-electron chi connectivity index (χ0n) is 13.9. The molecule has 4 aliphatic rings. The zero-order valence-corrected chi connectivity index (χ0v) is 13.9. The van der Waals surface area contributed by atoms with Gasteiger partial charge in [0.2, 0.25) is 5.78 Å². The topological polar surface area (TPSA) is 65.4 Å². The molecule has 24 heavy (non-hydrogen) atoms. The van der Waals surface area contributed by atoms with Gasteiger partial charge in [0, 0.05) is 43.5 Å². The number of fused-ring (bicyclic) bond motifs is 8. The van der Waals surface area contributed by atoms with Crippen LogP contribution >= 0.6 is 0 Å². The SMILES string of the molecule is CC[C@@]12CC3=Nc4ccccc4[C@](O)(CCN(C[C@H]4O[C@H]41)C2)C3=O. The third-order valence-electron chi connectivity index (χ3n) is 6.42. The average molecular weight is 326 g/mol. The van der Waals surface area contributed by atoms with Gasteiger partial charge in [-0.15, -0.1) is 0 Å². The summed E-state index contributed by atoms with van der Waals surface area (Å²) in [6.45, 7) is 4.71. The van der Waals surface area contributed by atoms with Crippen LogP contribution in [0.4, 0.5) is 5.69 Å². The van der Waals surface area contributed by atoms with Gasteiger partial charge in [0.1, 0.15) is 0 Å². The molecule has 4 aliphatic heterocycles. The van der Waals surface area contributed by atoms with Crippen molar-refractivity contribution in [1.29, 1.82) is 0 Å². The fourth-order valence-corrected chi connectivity index (χ4v) is 4.94. The first-order chi connectivity index (χ1) is 11.6. The highest BCUT2D eigenvalue weighted by molar-refractivity contribution is 6.44. The molecule has 0 aromatic heterocycles. The van der Waals surface area contributed by atoms with Crippen LogP contribution in [0.1, 0.15) is 31.7 Å². The molecule has 0 aliphatic carbocycles. The normalized spacial score (nSPS) is 42.8. The number of para-hydroxylation sites is 1. The second-order valence-corrected chi connectivity index (χ2v) is 7.74. The van der Waals surface area contributed by atoms with Crippen LogP contribution in [0.25, 0.3) is 0 Å². The van der Waals surface area contributed by atoms with Crippen LogP contribution in [0.3, 0.4) is 0 Å². The van der Waals surface area contributed by atoms with Gasteiger partial charge in [-0.25, -0.2) is 4.99 Å². The number of ketones is 1. The molecule has 0 amide bonds. The first kappa shape index (κ1) is 14.8. The summed E-state index contributed by atoms with van der Waals surface area (Å²) >= 11 is 0. The largest absolute Gasteiger partial charge is 0.377 e. The summed E-state index contributed by atoms with van der Waals surface area (Å²) in [5, 5.41) is 11.3. The highest BCUT2D eigenvalue weighted by atomic mass is 16.6. The lowest BCUT2D eigenvalue weighted by molar-refractivity contribution is -0.132. The van der Waals surface area contributed by atoms with Gasteiger partial charge in [-0.2, -0.15) is 0 Å². The summed E-state index contributed by atoms with van der Waals surface area (Å²) in [5.41, 5.74) is 0.417. The molecule has 4 bridgehead atoms. The lowest BCUT2D eigenvalue weighted by Crippen LogP contribution is -2.49. The Bertz CT molecular complexity index is 761. The highest BCUT2D eigenvalue weighted by Gasteiger charge is 2.60. The molecule has 3 fully saturated rings. The summed E-state index contributed by atoms with van der Waals surface area (Å²) in [6, 6.07) is 7.51. The fourth-order valence-electron chi connectivity index (χ4n) is 4.94. The number of aliphatic hydroxyl groups is 1. The molecule has 5 rings (SSSR count). The summed E-state index contributed by atoms with van der Waals surface area (Å²) in [4.78, 5) is 20.2. The van der Waals surface area contributed by atoms with Crippen LogP contribution in [-0.2, 0) is 15.1 Å². The van der Waals surface area contributed by atoms with Gasteiger partial charge in [0.05, 0.1) is 23.6 Å². The van der Waals surface area contributed by atoms with E-state index in [1.807, 2.05) is 24.3 Å². The number of rotatable bonds is 1. The highest BCUT2D eigenvalue weighted by Crippen LogP contribution is 2.51. The minimum Gasteiger partial charge on any atom is -0.377 e. The van der Waals surface area contributed by atoms with Crippen molar-refractivity contribution in [2.45, 2.75) is 44.0 Å². The van der Waals surface area contributed by atoms with Crippen LogP contribution in [0.5, 0.6) is 0 Å². The molecule has 0 radical (unpaired) electrons. The Morgan fingerprint density at radius 3 is 3.08 bits per heavy atom. The Kier molecular flexibility index (Phi) is 2.92. The predicted molar refractivity (Wildman–Crippen MR) is 89.5 cm³/mol. The molecule has 1 N–H and O–H groups in total. The van der Waals surface area contributed by atoms with E-state index >= 15 is 0 Å². The monoisotopic (exact) mass is 326 g/mol. The van der Waals surface area contributed by atoms with Crippen molar-refractivity contribution >= 4 is 17.2 Å². The van der Waals surface area contributed by atoms with Crippen molar-refractivity contribution in [2.75, 3.05) is 19.6 Å². The molecule has 3 saturated heterocycles. The van der Waals surface area contributed by atoms with E-state index in [1.165, 1.54) is 0 Å². The number of ether oxygens (including phenoxy) is 1. The summed E-state index contributed by atoms with van der Waals surface area (Å²) in [7, 11) is 0. The minimum absolute atomic E-state index is 0.0606. The van der Waals surface area contributed by atoms with Gasteiger partial charge < -0.3 is 9.84 Å². The zero-order chi connectivity index (χ0) is 16.5. The van der Waals surface area contributed by atoms with Crippen molar-refractivity contribution in [3.63, 3.8) is 0 Å². The maximum atomic E-state index is 13.1. The minimum atomic E-state index is -1.44. The van der Waals surface area contributed by atoms with Crippen LogP contribution in [0, 0.1) is 5.41 Å². The maximum Gasteiger partial charge on any atom is 0.213 e. The van der Waals surface area contributed by atoms with Crippen LogP contribution in [-0.4, -0.2) is 53.3 Å². The molecule has 126 valence electrons. The molecule has 0 saturated carbocycles. The van der Waals surface area contributed by atoms with Gasteiger partial charge in [-0.1, -0.05) is 25.1 Å². The number of aliphatic imine (C=N–C) groups is 1. The number of benzene rings is 1. The van der Waals surface area contributed by atoms with Crippen LogP contribution in [0.15, 0.2) is 29.3 Å². The van der Waals surface area contributed by atoms with Gasteiger partial charge in [0.25, 0.3) is 0 Å². The number of hydrogen-bond acceptors (Lipinski definition) is 5. The molecule has 1 aromatic carbocycles. The Morgan fingerprint density at radius 1 is 1.42 bits per heavy atom. The first-order valence-electron chi connectivity index (χ1n) is 8.88. The lowest BCUT2D eigenvalue weighted by Gasteiger charge is -2.39. The number of epoxide rings is 1. The van der Waals surface area contributed by atoms with E-state index in [0.717, 1.165) is 25.2 Å². The molecule has 5 nitrogen and oxygen atoms in total. The number of carbonyl (C=O) groups is 1. The molecule has 5 heteroatoms. The number of hydrogen-bond donors (Lipinski definition) is 1. The lowest BCUT2D eigenvalue weighted by atomic mass is 9.71. The fraction of sp³-hybridized carbons (Fsp3) is 0.579. The van der Waals surface area contributed by atoms with E-state index in [2.05, 4.69) is 16.8 Å². The van der Waals surface area contributed by atoms with E-state index in [9.17, 15) is 9.90 Å². The smallest absolute Gasteiger partial charge is 0.213 e. The van der Waals surface area contributed by atoms with E-state index in [-0.39, 0.29) is 23.4 Å². The van der Waals surface area contributed by atoms with Gasteiger partial charge in [0.15, 0.2) is 5.60 Å². The maximum absolute atomic E-state index is 13.1. The van der Waals surface area contributed by atoms with E-state index < -0.39 is 5.60 Å². The Morgan fingerprint density at radius 2 is 2.25 bits per heavy atom. The van der Waals surface area contributed by atoms with Crippen LogP contribution in [0.2, 0.25) is 0 Å². The van der Waals surface area contributed by atoms with Gasteiger partial charge >= 0.3 is 0 Å². The Labute approximate surface area is 141 Å². The Balaban J connectivity index is 1.67. The van der Waals surface area contributed by atoms with Crippen LogP contribution < -0.4 is 0 Å². The van der Waals surface area contributed by atoms with Crippen molar-refractivity contribution in [1.82, 2.24) is 4.90 Å². The molecule has 1 aromatic rings. The second-order valence-electron chi connectivity index (χ2n) is 7.74. The quantitative estimate of drug-likeness (QED) is 0.799. The van der Waals surface area contributed by atoms with E-state index in [1.54, 1.807) is 0 Å². The standard InChI is InChI=1S/C19H22N2O3/c1-2-18-9-14-16(22)19(23,12-5-3-4-6-13(12)20-14)7-8-21(11-18)10-15-17(18)24-15/h3-6,15,17,23H,2,7-11H2,1H3/t15-,17-,18+,19-/m1/s1. The van der Waals surface area contributed by atoms with Crippen molar-refractivity contribution in [2.24, 2.45) is 10.4 Å². The number of Topliss-reactive ketones (excluding diaryl/α,β-unsaturated/α-hetero) is 1. The van der Waals surface area contributed by atoms with E-state index in [0.29, 0.717) is 30.7 Å². The molecular formula is C19H22N2O3. The second kappa shape index (κ2) is 4.75. The number of nitrogens with zero attached hydrogens (tertiary/aromatic N) is 2. The first-order valence-corrected chi connectivity index (χ1v) is 8.88. The molecule has 1 unspecified atom stereocenters. The van der Waals surface area contributed by atoms with Crippen molar-refractivity contribution < 1.29 is 14.6 Å². The summed E-state index contributed by atoms with van der Waals surface area (Å²) in [5.74, 6) is -0.208. The van der Waals surface area contributed by atoms with Gasteiger partial charge in [-0.05, 0) is 12.5 Å². The average Bonchev–Trinajstić information content (AvgIpc) is 3.37. The molecule has 4 heterocycles. The summed E-state index contributed by atoms with van der Waals surface area (Å²) in [6.07, 6.45) is 2.48. The number of carbonyl (C=O) groups excluding carboxylic acids is 1. The third kappa shape index (κ3) is 1.86. The molecule has 5 atom stereocenters. The Hall–Kier alpha value is -1.56. The van der Waals surface area contributed by atoms with Crippen molar-refractivity contribution in [3.05, 3.63) is 29.8 Å². The molecular weight excluding hydrogens is 304 g/mol. The predicted octanol–water partition coefficient (Wildman–Crippen LogP) is 1.80. The van der Waals surface area contributed by atoms with Gasteiger partial charge in [-0.3, -0.25) is 9.69 Å².